The van der Waals surface area contributed by atoms with E-state index in [-0.39, 0.29) is 6.61 Å². The molecule has 1 atom stereocenters. The quantitative estimate of drug-likeness (QED) is 0.906. The topological polar surface area (TPSA) is 43.8 Å². The highest BCUT2D eigenvalue weighted by atomic mass is 16.3. The van der Waals surface area contributed by atoms with Gasteiger partial charge in [0.2, 0.25) is 5.91 Å². The van der Waals surface area contributed by atoms with E-state index in [9.17, 15) is 4.79 Å². The molecule has 0 saturated carbocycles. The minimum absolute atomic E-state index is 0.201. The number of nitrogens with zero attached hydrogens (tertiary/aromatic N) is 2. The van der Waals surface area contributed by atoms with Crippen LogP contribution in [0.2, 0.25) is 0 Å². The molecule has 0 spiro atoms. The van der Waals surface area contributed by atoms with Gasteiger partial charge in [0.05, 0.1) is 6.61 Å². The van der Waals surface area contributed by atoms with Crippen LogP contribution in [-0.4, -0.2) is 60.1 Å². The molecule has 1 N–H and O–H groups in total. The maximum Gasteiger partial charge on any atom is 0.223 e. The highest BCUT2D eigenvalue weighted by Crippen LogP contribution is 2.35. The summed E-state index contributed by atoms with van der Waals surface area (Å²) in [4.78, 5) is 16.7. The van der Waals surface area contributed by atoms with Crippen LogP contribution in [0.1, 0.15) is 29.9 Å². The van der Waals surface area contributed by atoms with E-state index in [2.05, 4.69) is 29.2 Å². The SMILES string of the molecule is O=C(CC1CCc2ccccc21)N1CCN(CCO)CC1. The average Bonchev–Trinajstić information content (AvgIpc) is 2.92. The summed E-state index contributed by atoms with van der Waals surface area (Å²) in [5, 5.41) is 8.95. The van der Waals surface area contributed by atoms with Crippen molar-refractivity contribution in [2.45, 2.75) is 25.2 Å². The van der Waals surface area contributed by atoms with Crippen LogP contribution in [0.3, 0.4) is 0 Å². The number of rotatable bonds is 4. The number of aliphatic hydroxyl groups excluding tert-OH is 1. The van der Waals surface area contributed by atoms with E-state index in [1.54, 1.807) is 0 Å². The molecule has 114 valence electrons. The van der Waals surface area contributed by atoms with Crippen molar-refractivity contribution < 1.29 is 9.90 Å². The van der Waals surface area contributed by atoms with Crippen LogP contribution in [0.15, 0.2) is 24.3 Å². The minimum Gasteiger partial charge on any atom is -0.395 e. The largest absolute Gasteiger partial charge is 0.395 e. The number of benzene rings is 1. The fourth-order valence-electron chi connectivity index (χ4n) is 3.56. The first-order valence-electron chi connectivity index (χ1n) is 7.96. The molecule has 1 saturated heterocycles. The maximum absolute atomic E-state index is 12.5. The van der Waals surface area contributed by atoms with Crippen molar-refractivity contribution in [3.05, 3.63) is 35.4 Å². The summed E-state index contributed by atoms with van der Waals surface area (Å²) in [6.45, 7) is 4.28. The number of hydrogen-bond acceptors (Lipinski definition) is 3. The lowest BCUT2D eigenvalue weighted by molar-refractivity contribution is -0.133. The van der Waals surface area contributed by atoms with Gasteiger partial charge < -0.3 is 10.0 Å². The Morgan fingerprint density at radius 3 is 2.71 bits per heavy atom. The standard InChI is InChI=1S/C17H24N2O2/c20-12-11-18-7-9-19(10-8-18)17(21)13-15-6-5-14-3-1-2-4-16(14)15/h1-4,15,20H,5-13H2. The molecule has 1 unspecified atom stereocenters. The number of carbonyl (C=O) groups is 1. The second-order valence-corrected chi connectivity index (χ2v) is 6.08. The number of carbonyl (C=O) groups excluding carboxylic acids is 1. The molecular formula is C17H24N2O2. The first-order valence-corrected chi connectivity index (χ1v) is 7.96. The van der Waals surface area contributed by atoms with Crippen LogP contribution >= 0.6 is 0 Å². The number of aliphatic hydroxyl groups is 1. The lowest BCUT2D eigenvalue weighted by Crippen LogP contribution is -2.49. The van der Waals surface area contributed by atoms with Crippen molar-refractivity contribution in [2.75, 3.05) is 39.3 Å². The Bertz CT molecular complexity index is 495. The highest BCUT2D eigenvalue weighted by molar-refractivity contribution is 5.77. The van der Waals surface area contributed by atoms with E-state index >= 15 is 0 Å². The Morgan fingerprint density at radius 1 is 1.19 bits per heavy atom. The zero-order valence-electron chi connectivity index (χ0n) is 12.5. The van der Waals surface area contributed by atoms with E-state index in [1.165, 1.54) is 11.1 Å². The summed E-state index contributed by atoms with van der Waals surface area (Å²) in [5.74, 6) is 0.699. The number of fused-ring (bicyclic) bond motifs is 1. The molecule has 4 nitrogen and oxygen atoms in total. The van der Waals surface area contributed by atoms with Gasteiger partial charge in [0, 0.05) is 39.1 Å². The predicted molar refractivity (Wildman–Crippen MR) is 82.2 cm³/mol. The highest BCUT2D eigenvalue weighted by Gasteiger charge is 2.27. The Morgan fingerprint density at radius 2 is 1.95 bits per heavy atom. The van der Waals surface area contributed by atoms with Crippen molar-refractivity contribution in [1.82, 2.24) is 9.80 Å². The molecule has 21 heavy (non-hydrogen) atoms. The number of amides is 1. The third-order valence-electron chi connectivity index (χ3n) is 4.82. The molecule has 1 heterocycles. The number of β-amino-alcohol motifs (C(OH)–C–C–N with tert-alkyl or cyclic N) is 1. The first-order chi connectivity index (χ1) is 10.3. The molecule has 1 aliphatic heterocycles. The van der Waals surface area contributed by atoms with Crippen LogP contribution in [0.4, 0.5) is 0 Å². The summed E-state index contributed by atoms with van der Waals surface area (Å²) in [6, 6.07) is 8.53. The third-order valence-corrected chi connectivity index (χ3v) is 4.82. The Hall–Kier alpha value is -1.39. The normalized spacial score (nSPS) is 22.3. The summed E-state index contributed by atoms with van der Waals surface area (Å²) < 4.78 is 0. The molecule has 4 heteroatoms. The second kappa shape index (κ2) is 6.58. The van der Waals surface area contributed by atoms with E-state index in [1.807, 2.05) is 4.90 Å². The lowest BCUT2D eigenvalue weighted by Gasteiger charge is -2.34. The lowest BCUT2D eigenvalue weighted by atomic mass is 9.97. The van der Waals surface area contributed by atoms with Crippen molar-refractivity contribution in [3.63, 3.8) is 0 Å². The van der Waals surface area contributed by atoms with Gasteiger partial charge in [0.15, 0.2) is 0 Å². The van der Waals surface area contributed by atoms with Crippen LogP contribution in [0.25, 0.3) is 0 Å². The fourth-order valence-corrected chi connectivity index (χ4v) is 3.56. The Balaban J connectivity index is 1.54. The second-order valence-electron chi connectivity index (χ2n) is 6.08. The van der Waals surface area contributed by atoms with Gasteiger partial charge in [0.25, 0.3) is 0 Å². The zero-order chi connectivity index (χ0) is 14.7. The molecule has 1 fully saturated rings. The third kappa shape index (κ3) is 3.27. The van der Waals surface area contributed by atoms with Crippen molar-refractivity contribution in [3.8, 4) is 0 Å². The van der Waals surface area contributed by atoms with Gasteiger partial charge in [0.1, 0.15) is 0 Å². The monoisotopic (exact) mass is 288 g/mol. The molecule has 0 radical (unpaired) electrons. The Kier molecular flexibility index (Phi) is 4.56. The van der Waals surface area contributed by atoms with E-state index in [0.717, 1.165) is 45.6 Å². The van der Waals surface area contributed by atoms with E-state index in [0.29, 0.717) is 18.2 Å². The smallest absolute Gasteiger partial charge is 0.223 e. The van der Waals surface area contributed by atoms with E-state index < -0.39 is 0 Å². The summed E-state index contributed by atoms with van der Waals surface area (Å²) in [5.41, 5.74) is 2.80. The molecule has 3 rings (SSSR count). The maximum atomic E-state index is 12.5. The van der Waals surface area contributed by atoms with Gasteiger partial charge in [-0.2, -0.15) is 0 Å². The molecule has 0 bridgehead atoms. The molecule has 2 aliphatic rings. The summed E-state index contributed by atoms with van der Waals surface area (Å²) in [6.07, 6.45) is 2.87. The summed E-state index contributed by atoms with van der Waals surface area (Å²) in [7, 11) is 0. The van der Waals surface area contributed by atoms with Crippen LogP contribution < -0.4 is 0 Å². The van der Waals surface area contributed by atoms with Crippen LogP contribution in [0.5, 0.6) is 0 Å². The van der Waals surface area contributed by atoms with E-state index in [4.69, 9.17) is 5.11 Å². The van der Waals surface area contributed by atoms with Crippen LogP contribution in [-0.2, 0) is 11.2 Å². The molecule has 0 aromatic heterocycles. The number of piperazine rings is 1. The molecule has 1 aromatic carbocycles. The van der Waals surface area contributed by atoms with Crippen molar-refractivity contribution >= 4 is 5.91 Å². The molecule has 1 aromatic rings. The predicted octanol–water partition coefficient (Wildman–Crippen LogP) is 1.24. The van der Waals surface area contributed by atoms with Crippen LogP contribution in [0, 0.1) is 0 Å². The van der Waals surface area contributed by atoms with Gasteiger partial charge in [-0.3, -0.25) is 9.69 Å². The molecular weight excluding hydrogens is 264 g/mol. The summed E-state index contributed by atoms with van der Waals surface area (Å²) >= 11 is 0. The fraction of sp³-hybridized carbons (Fsp3) is 0.588. The average molecular weight is 288 g/mol. The zero-order valence-corrected chi connectivity index (χ0v) is 12.5. The minimum atomic E-state index is 0.201. The molecule has 1 aliphatic carbocycles. The Labute approximate surface area is 126 Å². The van der Waals surface area contributed by atoms with Gasteiger partial charge in [-0.25, -0.2) is 0 Å². The first kappa shape index (κ1) is 14.5. The van der Waals surface area contributed by atoms with Crippen molar-refractivity contribution in [2.24, 2.45) is 0 Å². The van der Waals surface area contributed by atoms with Gasteiger partial charge in [-0.15, -0.1) is 0 Å². The van der Waals surface area contributed by atoms with Gasteiger partial charge >= 0.3 is 0 Å². The van der Waals surface area contributed by atoms with Gasteiger partial charge in [-0.1, -0.05) is 24.3 Å². The number of hydrogen-bond donors (Lipinski definition) is 1. The number of aryl methyl sites for hydroxylation is 1. The molecule has 1 amide bonds. The van der Waals surface area contributed by atoms with Gasteiger partial charge in [-0.05, 0) is 29.9 Å². The van der Waals surface area contributed by atoms with Crippen molar-refractivity contribution in [1.29, 1.82) is 0 Å².